The van der Waals surface area contributed by atoms with Gasteiger partial charge >= 0.3 is 6.18 Å². The van der Waals surface area contributed by atoms with Crippen LogP contribution in [0.1, 0.15) is 15.9 Å². The van der Waals surface area contributed by atoms with Crippen LogP contribution < -0.4 is 9.47 Å². The van der Waals surface area contributed by atoms with Crippen LogP contribution in [0.2, 0.25) is 0 Å². The molecule has 0 aliphatic carbocycles. The van der Waals surface area contributed by atoms with E-state index in [4.69, 9.17) is 9.47 Å². The largest absolute Gasteiger partial charge is 0.497 e. The maximum atomic E-state index is 13.0. The zero-order valence-corrected chi connectivity index (χ0v) is 14.0. The van der Waals surface area contributed by atoms with E-state index in [0.717, 1.165) is 6.08 Å². The zero-order valence-electron chi connectivity index (χ0n) is 14.0. The quantitative estimate of drug-likeness (QED) is 0.335. The van der Waals surface area contributed by atoms with Crippen molar-refractivity contribution in [1.29, 1.82) is 0 Å². The molecule has 4 nitrogen and oxygen atoms in total. The molecule has 7 heteroatoms. The van der Waals surface area contributed by atoms with Crippen LogP contribution in [0.4, 0.5) is 13.2 Å². The van der Waals surface area contributed by atoms with Gasteiger partial charge in [-0.1, -0.05) is 24.3 Å². The normalized spacial score (nSPS) is 11.8. The highest BCUT2D eigenvalue weighted by molar-refractivity contribution is 6.30. The molecular formula is C19H15F3O4. The zero-order chi connectivity index (χ0) is 19.3. The molecular weight excluding hydrogens is 349 g/mol. The fourth-order valence-electron chi connectivity index (χ4n) is 2.17. The molecule has 0 saturated carbocycles. The summed E-state index contributed by atoms with van der Waals surface area (Å²) >= 11 is 0. The first-order valence-electron chi connectivity index (χ1n) is 7.42. The molecule has 0 N–H and O–H groups in total. The highest BCUT2D eigenvalue weighted by Crippen LogP contribution is 2.26. The number of Topliss-reactive ketones (excluding diaryl/α,β-unsaturated/α-hetero) is 2. The average Bonchev–Trinajstić information content (AvgIpc) is 2.64. The molecule has 0 saturated heterocycles. The Bertz CT molecular complexity index is 837. The number of benzene rings is 2. The number of alkyl halides is 3. The molecule has 0 atom stereocenters. The minimum Gasteiger partial charge on any atom is -0.497 e. The third-order valence-corrected chi connectivity index (χ3v) is 3.51. The van der Waals surface area contributed by atoms with Crippen molar-refractivity contribution in [1.82, 2.24) is 0 Å². The summed E-state index contributed by atoms with van der Waals surface area (Å²) in [6.45, 7) is 0. The topological polar surface area (TPSA) is 52.6 Å². The molecule has 0 fully saturated rings. The van der Waals surface area contributed by atoms with Crippen LogP contribution in [0, 0.1) is 0 Å². The molecule has 26 heavy (non-hydrogen) atoms. The van der Waals surface area contributed by atoms with Gasteiger partial charge in [-0.05, 0) is 35.9 Å². The Morgan fingerprint density at radius 3 is 2.08 bits per heavy atom. The van der Waals surface area contributed by atoms with Crippen LogP contribution in [-0.2, 0) is 4.79 Å². The second-order valence-electron chi connectivity index (χ2n) is 5.22. The van der Waals surface area contributed by atoms with Gasteiger partial charge in [0.05, 0.1) is 19.8 Å². The van der Waals surface area contributed by atoms with Crippen molar-refractivity contribution < 1.29 is 32.2 Å². The van der Waals surface area contributed by atoms with Crippen LogP contribution in [0.3, 0.4) is 0 Å². The van der Waals surface area contributed by atoms with E-state index in [1.807, 2.05) is 0 Å². The minimum atomic E-state index is -5.17. The smallest absolute Gasteiger partial charge is 0.455 e. The molecule has 0 aliphatic heterocycles. The Morgan fingerprint density at radius 2 is 1.54 bits per heavy atom. The first-order valence-corrected chi connectivity index (χ1v) is 7.42. The van der Waals surface area contributed by atoms with E-state index in [1.165, 1.54) is 62.8 Å². The summed E-state index contributed by atoms with van der Waals surface area (Å²) < 4.78 is 48.8. The summed E-state index contributed by atoms with van der Waals surface area (Å²) in [6, 6.07) is 11.5. The summed E-state index contributed by atoms with van der Waals surface area (Å²) in [5, 5.41) is 0. The third kappa shape index (κ3) is 4.50. The van der Waals surface area contributed by atoms with Crippen LogP contribution >= 0.6 is 0 Å². The van der Waals surface area contributed by atoms with E-state index in [2.05, 4.69) is 0 Å². The first kappa shape index (κ1) is 19.2. The summed E-state index contributed by atoms with van der Waals surface area (Å²) in [7, 11) is 2.80. The summed E-state index contributed by atoms with van der Waals surface area (Å²) in [4.78, 5) is 24.4. The summed E-state index contributed by atoms with van der Waals surface area (Å²) in [5.74, 6) is -2.47. The number of hydrogen-bond donors (Lipinski definition) is 0. The Labute approximate surface area is 147 Å². The van der Waals surface area contributed by atoms with Crippen LogP contribution in [0.5, 0.6) is 11.5 Å². The maximum Gasteiger partial charge on any atom is 0.455 e. The van der Waals surface area contributed by atoms with Gasteiger partial charge in [0, 0.05) is 5.56 Å². The predicted octanol–water partition coefficient (Wildman–Crippen LogP) is 4.10. The highest BCUT2D eigenvalue weighted by Gasteiger charge is 2.43. The van der Waals surface area contributed by atoms with Gasteiger partial charge in [-0.3, -0.25) is 9.59 Å². The minimum absolute atomic E-state index is 0.0817. The molecule has 0 spiro atoms. The van der Waals surface area contributed by atoms with Crippen molar-refractivity contribution in [2.24, 2.45) is 0 Å². The lowest BCUT2D eigenvalue weighted by Gasteiger charge is -2.10. The van der Waals surface area contributed by atoms with E-state index in [0.29, 0.717) is 11.5 Å². The van der Waals surface area contributed by atoms with Crippen molar-refractivity contribution in [3.05, 3.63) is 65.2 Å². The monoisotopic (exact) mass is 364 g/mol. The van der Waals surface area contributed by atoms with Crippen molar-refractivity contribution in [2.75, 3.05) is 14.2 Å². The fraction of sp³-hybridized carbons (Fsp3) is 0.158. The lowest BCUT2D eigenvalue weighted by atomic mass is 9.97. The number of carbonyl (C=O) groups is 2. The van der Waals surface area contributed by atoms with E-state index in [1.54, 1.807) is 0 Å². The predicted molar refractivity (Wildman–Crippen MR) is 89.4 cm³/mol. The SMILES string of the molecule is COc1ccc(/C=C(/C(=O)c2cccc(OC)c2)C(=O)C(F)(F)F)cc1. The Balaban J connectivity index is 2.50. The van der Waals surface area contributed by atoms with E-state index < -0.39 is 23.3 Å². The van der Waals surface area contributed by atoms with Gasteiger partial charge < -0.3 is 9.47 Å². The molecule has 2 rings (SSSR count). The van der Waals surface area contributed by atoms with Gasteiger partial charge in [0.25, 0.3) is 5.78 Å². The van der Waals surface area contributed by atoms with Crippen LogP contribution in [0.15, 0.2) is 54.1 Å². The first-order chi connectivity index (χ1) is 12.3. The molecule has 2 aromatic carbocycles. The standard InChI is InChI=1S/C19H15F3O4/c1-25-14-8-6-12(7-9-14)10-16(18(24)19(20,21)22)17(23)13-4-3-5-15(11-13)26-2/h3-11H,1-2H3/b16-10-. The number of rotatable bonds is 6. The number of hydrogen-bond acceptors (Lipinski definition) is 4. The van der Waals surface area contributed by atoms with Crippen LogP contribution in [0.25, 0.3) is 6.08 Å². The molecule has 0 heterocycles. The Kier molecular flexibility index (Phi) is 5.82. The molecule has 0 unspecified atom stereocenters. The van der Waals surface area contributed by atoms with Crippen molar-refractivity contribution >= 4 is 17.6 Å². The van der Waals surface area contributed by atoms with Gasteiger partial charge in [-0.2, -0.15) is 13.2 Å². The number of halogens is 3. The van der Waals surface area contributed by atoms with Gasteiger partial charge in [0.2, 0.25) is 0 Å². The van der Waals surface area contributed by atoms with Gasteiger partial charge in [-0.25, -0.2) is 0 Å². The fourth-order valence-corrected chi connectivity index (χ4v) is 2.17. The second-order valence-corrected chi connectivity index (χ2v) is 5.22. The number of allylic oxidation sites excluding steroid dienone is 1. The maximum absolute atomic E-state index is 13.0. The highest BCUT2D eigenvalue weighted by atomic mass is 19.4. The lowest BCUT2D eigenvalue weighted by molar-refractivity contribution is -0.166. The van der Waals surface area contributed by atoms with Crippen molar-refractivity contribution in [2.45, 2.75) is 6.18 Å². The molecule has 0 amide bonds. The Hall–Kier alpha value is -3.09. The summed E-state index contributed by atoms with van der Waals surface area (Å²) in [6.07, 6.45) is -4.26. The third-order valence-electron chi connectivity index (χ3n) is 3.51. The average molecular weight is 364 g/mol. The van der Waals surface area contributed by atoms with Gasteiger partial charge in [0.1, 0.15) is 11.5 Å². The number of carbonyl (C=O) groups excluding carboxylic acids is 2. The Morgan fingerprint density at radius 1 is 0.923 bits per heavy atom. The van der Waals surface area contributed by atoms with Gasteiger partial charge in [-0.15, -0.1) is 0 Å². The van der Waals surface area contributed by atoms with E-state index >= 15 is 0 Å². The number of methoxy groups -OCH3 is 2. The lowest BCUT2D eigenvalue weighted by Crippen LogP contribution is -2.28. The molecule has 0 radical (unpaired) electrons. The van der Waals surface area contributed by atoms with E-state index in [-0.39, 0.29) is 11.1 Å². The molecule has 2 aromatic rings. The summed E-state index contributed by atoms with van der Waals surface area (Å²) in [5.41, 5.74) is -0.799. The molecule has 0 bridgehead atoms. The number of ether oxygens (including phenoxy) is 2. The molecule has 136 valence electrons. The molecule has 0 aromatic heterocycles. The van der Waals surface area contributed by atoms with Gasteiger partial charge in [0.15, 0.2) is 5.78 Å². The van der Waals surface area contributed by atoms with Crippen LogP contribution in [-0.4, -0.2) is 32.0 Å². The number of ketones is 2. The van der Waals surface area contributed by atoms with Crippen molar-refractivity contribution in [3.63, 3.8) is 0 Å². The second kappa shape index (κ2) is 7.86. The molecule has 0 aliphatic rings. The van der Waals surface area contributed by atoms with Crippen molar-refractivity contribution in [3.8, 4) is 11.5 Å². The van der Waals surface area contributed by atoms with E-state index in [9.17, 15) is 22.8 Å².